The van der Waals surface area contributed by atoms with E-state index in [1.165, 1.54) is 25.7 Å². The number of aromatic nitrogens is 2. The number of fused-ring (bicyclic) bond motifs is 2. The smallest absolute Gasteiger partial charge is 0.146 e. The average molecular weight is 232 g/mol. The lowest BCUT2D eigenvalue weighted by molar-refractivity contribution is 0.348. The molecule has 0 saturated heterocycles. The number of anilines is 2. The minimum atomic E-state index is 0.822. The van der Waals surface area contributed by atoms with Crippen LogP contribution in [0, 0.1) is 17.8 Å². The first kappa shape index (κ1) is 10.8. The Hall–Kier alpha value is -1.32. The molecule has 2 bridgehead atoms. The zero-order valence-corrected chi connectivity index (χ0v) is 10.3. The average Bonchev–Trinajstić information content (AvgIpc) is 2.99. The summed E-state index contributed by atoms with van der Waals surface area (Å²) in [5.41, 5.74) is 0. The molecule has 0 spiro atoms. The van der Waals surface area contributed by atoms with Crippen LogP contribution in [-0.2, 0) is 0 Å². The highest BCUT2D eigenvalue weighted by Gasteiger charge is 2.39. The Morgan fingerprint density at radius 1 is 1.24 bits per heavy atom. The highest BCUT2D eigenvalue weighted by molar-refractivity contribution is 5.40. The molecule has 0 radical (unpaired) electrons. The molecule has 2 N–H and O–H groups in total. The molecule has 92 valence electrons. The molecular weight excluding hydrogens is 212 g/mol. The van der Waals surface area contributed by atoms with Crippen LogP contribution in [0.25, 0.3) is 0 Å². The quantitative estimate of drug-likeness (QED) is 0.836. The van der Waals surface area contributed by atoms with Crippen LogP contribution in [0.3, 0.4) is 0 Å². The van der Waals surface area contributed by atoms with Crippen LogP contribution >= 0.6 is 0 Å². The lowest BCUT2D eigenvalue weighted by Gasteiger charge is -2.22. The third-order valence-corrected chi connectivity index (χ3v) is 4.32. The molecule has 2 aliphatic carbocycles. The van der Waals surface area contributed by atoms with Crippen LogP contribution < -0.4 is 10.6 Å². The third-order valence-electron chi connectivity index (χ3n) is 4.32. The van der Waals surface area contributed by atoms with E-state index in [9.17, 15) is 0 Å². The fraction of sp³-hybridized carbons (Fsp3) is 0.692. The largest absolute Gasteiger partial charge is 0.372 e. The maximum atomic E-state index is 4.43. The van der Waals surface area contributed by atoms with Gasteiger partial charge in [-0.05, 0) is 37.0 Å². The number of hydrogen-bond acceptors (Lipinski definition) is 4. The molecule has 4 nitrogen and oxygen atoms in total. The van der Waals surface area contributed by atoms with E-state index in [0.717, 1.165) is 35.9 Å². The monoisotopic (exact) mass is 232 g/mol. The van der Waals surface area contributed by atoms with Gasteiger partial charge in [-0.15, -0.1) is 0 Å². The van der Waals surface area contributed by atoms with Crippen molar-refractivity contribution in [1.29, 1.82) is 0 Å². The van der Waals surface area contributed by atoms with Crippen molar-refractivity contribution in [2.45, 2.75) is 25.7 Å². The summed E-state index contributed by atoms with van der Waals surface area (Å²) >= 11 is 0. The van der Waals surface area contributed by atoms with Crippen molar-refractivity contribution in [3.8, 4) is 0 Å². The summed E-state index contributed by atoms with van der Waals surface area (Å²) in [4.78, 5) is 8.59. The summed E-state index contributed by atoms with van der Waals surface area (Å²) in [7, 11) is 1.86. The second kappa shape index (κ2) is 4.51. The van der Waals surface area contributed by atoms with Gasteiger partial charge < -0.3 is 10.6 Å². The van der Waals surface area contributed by atoms with Gasteiger partial charge in [-0.1, -0.05) is 6.42 Å². The molecule has 2 aliphatic rings. The zero-order chi connectivity index (χ0) is 11.7. The molecule has 3 atom stereocenters. The minimum absolute atomic E-state index is 0.822. The van der Waals surface area contributed by atoms with E-state index in [0.29, 0.717) is 0 Å². The number of hydrogen-bond donors (Lipinski definition) is 2. The van der Waals surface area contributed by atoms with Gasteiger partial charge in [0.25, 0.3) is 0 Å². The van der Waals surface area contributed by atoms with E-state index in [4.69, 9.17) is 0 Å². The molecule has 0 amide bonds. The molecule has 17 heavy (non-hydrogen) atoms. The van der Waals surface area contributed by atoms with Gasteiger partial charge in [0, 0.05) is 13.6 Å². The first-order valence-electron chi connectivity index (χ1n) is 6.59. The second-order valence-electron chi connectivity index (χ2n) is 5.36. The van der Waals surface area contributed by atoms with Crippen molar-refractivity contribution in [3.63, 3.8) is 0 Å². The Labute approximate surface area is 102 Å². The van der Waals surface area contributed by atoms with Crippen molar-refractivity contribution in [3.05, 3.63) is 12.4 Å². The van der Waals surface area contributed by atoms with Crippen LogP contribution in [0.1, 0.15) is 25.7 Å². The van der Waals surface area contributed by atoms with Gasteiger partial charge in [0.1, 0.15) is 11.6 Å². The number of rotatable bonds is 4. The molecule has 3 rings (SSSR count). The van der Waals surface area contributed by atoms with Crippen molar-refractivity contribution in [2.24, 2.45) is 17.8 Å². The molecule has 2 fully saturated rings. The van der Waals surface area contributed by atoms with E-state index in [2.05, 4.69) is 20.6 Å². The maximum absolute atomic E-state index is 4.43. The van der Waals surface area contributed by atoms with Crippen molar-refractivity contribution in [2.75, 3.05) is 24.2 Å². The van der Waals surface area contributed by atoms with Crippen LogP contribution in [0.15, 0.2) is 12.4 Å². The second-order valence-corrected chi connectivity index (χ2v) is 5.36. The molecule has 0 aromatic carbocycles. The van der Waals surface area contributed by atoms with E-state index in [1.54, 1.807) is 12.4 Å². The lowest BCUT2D eigenvalue weighted by atomic mass is 9.89. The van der Waals surface area contributed by atoms with Gasteiger partial charge in [0.15, 0.2) is 0 Å². The van der Waals surface area contributed by atoms with Gasteiger partial charge in [0.2, 0.25) is 0 Å². The van der Waals surface area contributed by atoms with Crippen LogP contribution in [0.4, 0.5) is 11.6 Å². The Kier molecular flexibility index (Phi) is 2.87. The summed E-state index contributed by atoms with van der Waals surface area (Å²) in [6.45, 7) is 1.06. The van der Waals surface area contributed by atoms with Gasteiger partial charge in [-0.3, -0.25) is 4.98 Å². The predicted molar refractivity (Wildman–Crippen MR) is 69.0 cm³/mol. The van der Waals surface area contributed by atoms with Gasteiger partial charge in [-0.2, -0.15) is 0 Å². The molecule has 3 unspecified atom stereocenters. The Balaban J connectivity index is 1.56. The van der Waals surface area contributed by atoms with E-state index < -0.39 is 0 Å². The highest BCUT2D eigenvalue weighted by atomic mass is 15.1. The molecule has 1 aromatic rings. The normalized spacial score (nSPS) is 30.5. The number of nitrogens with zero attached hydrogens (tertiary/aromatic N) is 2. The van der Waals surface area contributed by atoms with Crippen LogP contribution in [0.2, 0.25) is 0 Å². The lowest BCUT2D eigenvalue weighted by Crippen LogP contribution is -2.20. The van der Waals surface area contributed by atoms with Gasteiger partial charge in [-0.25, -0.2) is 4.98 Å². The minimum Gasteiger partial charge on any atom is -0.372 e. The Bertz CT molecular complexity index is 393. The molecule has 1 heterocycles. The molecule has 0 aliphatic heterocycles. The van der Waals surface area contributed by atoms with E-state index >= 15 is 0 Å². The Morgan fingerprint density at radius 3 is 2.82 bits per heavy atom. The molecular formula is C13H20N4. The van der Waals surface area contributed by atoms with Crippen molar-refractivity contribution >= 4 is 11.6 Å². The van der Waals surface area contributed by atoms with Crippen molar-refractivity contribution in [1.82, 2.24) is 9.97 Å². The van der Waals surface area contributed by atoms with E-state index in [-0.39, 0.29) is 0 Å². The van der Waals surface area contributed by atoms with Crippen molar-refractivity contribution < 1.29 is 0 Å². The fourth-order valence-electron chi connectivity index (χ4n) is 3.43. The van der Waals surface area contributed by atoms with Crippen LogP contribution in [-0.4, -0.2) is 23.6 Å². The predicted octanol–water partition coefficient (Wildman–Crippen LogP) is 2.37. The van der Waals surface area contributed by atoms with Crippen LogP contribution in [0.5, 0.6) is 0 Å². The SMILES string of the molecule is CNc1cncc(NCC2CC3CCC2C3)n1. The van der Waals surface area contributed by atoms with Gasteiger partial charge >= 0.3 is 0 Å². The summed E-state index contributed by atoms with van der Waals surface area (Å²) in [6.07, 6.45) is 9.33. The topological polar surface area (TPSA) is 49.8 Å². The first-order chi connectivity index (χ1) is 8.35. The highest BCUT2D eigenvalue weighted by Crippen LogP contribution is 2.48. The summed E-state index contributed by atoms with van der Waals surface area (Å²) in [5.74, 6) is 4.55. The Morgan fingerprint density at radius 2 is 2.12 bits per heavy atom. The summed E-state index contributed by atoms with van der Waals surface area (Å²) in [6, 6.07) is 0. The standard InChI is InChI=1S/C13H20N4/c1-14-12-7-15-8-13(17-12)16-6-11-5-9-2-3-10(11)4-9/h7-11H,2-6H2,1H3,(H2,14,16,17). The first-order valence-corrected chi connectivity index (χ1v) is 6.59. The van der Waals surface area contributed by atoms with Gasteiger partial charge in [0.05, 0.1) is 12.4 Å². The maximum Gasteiger partial charge on any atom is 0.146 e. The third kappa shape index (κ3) is 2.21. The van der Waals surface area contributed by atoms with E-state index in [1.807, 2.05) is 7.05 Å². The molecule has 1 aromatic heterocycles. The zero-order valence-electron chi connectivity index (χ0n) is 10.3. The summed E-state index contributed by atoms with van der Waals surface area (Å²) < 4.78 is 0. The fourth-order valence-corrected chi connectivity index (χ4v) is 3.43. The molecule has 4 heteroatoms. The summed E-state index contributed by atoms with van der Waals surface area (Å²) in [5, 5.41) is 6.44. The number of nitrogens with one attached hydrogen (secondary N) is 2. The molecule has 2 saturated carbocycles.